The Hall–Kier alpha value is -2.68. The lowest BCUT2D eigenvalue weighted by Crippen LogP contribution is -2.27. The Morgan fingerprint density at radius 1 is 1.25 bits per heavy atom. The largest absolute Gasteiger partial charge is 0.414 e. The molecule has 3 heterocycles. The minimum absolute atomic E-state index is 0.0715. The maximum Gasteiger partial charge on any atom is 0.277 e. The van der Waals surface area contributed by atoms with Crippen LogP contribution in [0.3, 0.4) is 0 Å². The Balaban J connectivity index is 1.41. The zero-order chi connectivity index (χ0) is 16.4. The van der Waals surface area contributed by atoms with Crippen LogP contribution in [-0.4, -0.2) is 42.7 Å². The summed E-state index contributed by atoms with van der Waals surface area (Å²) in [6.07, 6.45) is 3.77. The van der Waals surface area contributed by atoms with Crippen molar-refractivity contribution in [3.05, 3.63) is 48.9 Å². The van der Waals surface area contributed by atoms with Crippen LogP contribution in [-0.2, 0) is 11.3 Å². The van der Waals surface area contributed by atoms with Crippen LogP contribution in [0.5, 0.6) is 0 Å². The summed E-state index contributed by atoms with van der Waals surface area (Å²) in [5.41, 5.74) is 0.919. The topological polar surface area (TPSA) is 89.9 Å². The first-order valence-electron chi connectivity index (χ1n) is 7.47. The monoisotopic (exact) mass is 342 g/mol. The molecule has 24 heavy (non-hydrogen) atoms. The fourth-order valence-corrected chi connectivity index (χ4v) is 3.48. The number of carbonyl (C=O) groups is 1. The first kappa shape index (κ1) is 14.9. The Morgan fingerprint density at radius 2 is 2.12 bits per heavy atom. The van der Waals surface area contributed by atoms with E-state index in [9.17, 15) is 4.79 Å². The fourth-order valence-electron chi connectivity index (χ4n) is 2.55. The Morgan fingerprint density at radius 3 is 2.92 bits per heavy atom. The van der Waals surface area contributed by atoms with E-state index in [0.717, 1.165) is 12.1 Å². The zero-order valence-electron chi connectivity index (χ0n) is 12.6. The number of para-hydroxylation sites is 1. The molecule has 0 N–H and O–H groups in total. The van der Waals surface area contributed by atoms with Crippen LogP contribution in [0.2, 0.25) is 0 Å². The molecule has 1 unspecified atom stereocenters. The maximum absolute atomic E-state index is 12.6. The molecule has 3 aromatic rings. The smallest absolute Gasteiger partial charge is 0.277 e. The summed E-state index contributed by atoms with van der Waals surface area (Å²) in [7, 11) is 0. The highest BCUT2D eigenvalue weighted by molar-refractivity contribution is 8.00. The molecule has 0 spiro atoms. The number of hydrogen-bond donors (Lipinski definition) is 0. The van der Waals surface area contributed by atoms with Crippen LogP contribution in [0.4, 0.5) is 5.69 Å². The van der Waals surface area contributed by atoms with Crippen LogP contribution < -0.4 is 4.90 Å². The van der Waals surface area contributed by atoms with E-state index in [1.807, 2.05) is 30.3 Å². The Bertz CT molecular complexity index is 820. The molecule has 8 nitrogen and oxygen atoms in total. The molecule has 1 saturated heterocycles. The summed E-state index contributed by atoms with van der Waals surface area (Å²) < 4.78 is 7.19. The van der Waals surface area contributed by atoms with Crippen LogP contribution in [0.1, 0.15) is 12.3 Å². The molecule has 9 heteroatoms. The normalized spacial score (nSPS) is 17.6. The molecule has 1 aliphatic heterocycles. The molecule has 0 radical (unpaired) electrons. The number of hydrogen-bond acceptors (Lipinski definition) is 7. The van der Waals surface area contributed by atoms with Crippen molar-refractivity contribution in [2.75, 3.05) is 11.4 Å². The van der Waals surface area contributed by atoms with Crippen molar-refractivity contribution in [2.24, 2.45) is 0 Å². The number of anilines is 1. The molecular formula is C15H14N6O2S. The van der Waals surface area contributed by atoms with E-state index < -0.39 is 0 Å². The predicted octanol–water partition coefficient (Wildman–Crippen LogP) is 1.61. The first-order valence-corrected chi connectivity index (χ1v) is 8.35. The lowest BCUT2D eigenvalue weighted by Gasteiger charge is -2.15. The average molecular weight is 342 g/mol. The lowest BCUT2D eigenvalue weighted by atomic mass is 10.3. The van der Waals surface area contributed by atoms with E-state index in [1.54, 1.807) is 15.9 Å². The van der Waals surface area contributed by atoms with Gasteiger partial charge >= 0.3 is 0 Å². The average Bonchev–Trinajstić information content (AvgIpc) is 3.33. The second kappa shape index (κ2) is 6.44. The van der Waals surface area contributed by atoms with Gasteiger partial charge in [-0.1, -0.05) is 30.0 Å². The molecule has 122 valence electrons. The number of rotatable bonds is 5. The van der Waals surface area contributed by atoms with Crippen LogP contribution in [0, 0.1) is 0 Å². The SMILES string of the molecule is O=C1C(Sc2nnc(Cn3cncn3)o2)CCN1c1ccccc1. The van der Waals surface area contributed by atoms with Crippen molar-refractivity contribution < 1.29 is 9.21 Å². The number of thioether (sulfide) groups is 1. The molecule has 0 aliphatic carbocycles. The molecule has 1 aliphatic rings. The summed E-state index contributed by atoms with van der Waals surface area (Å²) in [5, 5.41) is 12.2. The second-order valence-corrected chi connectivity index (χ2v) is 6.43. The molecule has 4 rings (SSSR count). The number of nitrogens with zero attached hydrogens (tertiary/aromatic N) is 6. The number of aromatic nitrogens is 5. The van der Waals surface area contributed by atoms with Gasteiger partial charge in [0, 0.05) is 12.2 Å². The number of carbonyl (C=O) groups excluding carboxylic acids is 1. The maximum atomic E-state index is 12.6. The van der Waals surface area contributed by atoms with Crippen LogP contribution in [0.15, 0.2) is 52.6 Å². The molecule has 1 atom stereocenters. The van der Waals surface area contributed by atoms with Gasteiger partial charge < -0.3 is 9.32 Å². The highest BCUT2D eigenvalue weighted by Gasteiger charge is 2.34. The quantitative estimate of drug-likeness (QED) is 0.696. The Labute approximate surface area is 141 Å². The van der Waals surface area contributed by atoms with E-state index in [-0.39, 0.29) is 11.2 Å². The van der Waals surface area contributed by atoms with E-state index in [2.05, 4.69) is 20.3 Å². The molecular weight excluding hydrogens is 328 g/mol. The van der Waals surface area contributed by atoms with Gasteiger partial charge in [0.2, 0.25) is 11.8 Å². The van der Waals surface area contributed by atoms with E-state index in [1.165, 1.54) is 18.1 Å². The minimum atomic E-state index is -0.204. The van der Waals surface area contributed by atoms with Crippen molar-refractivity contribution in [3.8, 4) is 0 Å². The van der Waals surface area contributed by atoms with Gasteiger partial charge in [-0.2, -0.15) is 5.10 Å². The van der Waals surface area contributed by atoms with Gasteiger partial charge in [0.1, 0.15) is 19.2 Å². The van der Waals surface area contributed by atoms with E-state index in [0.29, 0.717) is 24.2 Å². The third-order valence-electron chi connectivity index (χ3n) is 3.68. The van der Waals surface area contributed by atoms with Gasteiger partial charge in [0.15, 0.2) is 0 Å². The van der Waals surface area contributed by atoms with Crippen molar-refractivity contribution >= 4 is 23.4 Å². The third-order valence-corrected chi connectivity index (χ3v) is 4.77. The highest BCUT2D eigenvalue weighted by Crippen LogP contribution is 2.32. The van der Waals surface area contributed by atoms with E-state index in [4.69, 9.17) is 4.42 Å². The lowest BCUT2D eigenvalue weighted by molar-refractivity contribution is -0.116. The Kier molecular flexibility index (Phi) is 3.99. The van der Waals surface area contributed by atoms with Gasteiger partial charge in [-0.05, 0) is 18.6 Å². The number of benzene rings is 1. The molecule has 0 saturated carbocycles. The summed E-state index contributed by atoms with van der Waals surface area (Å²) in [6, 6.07) is 9.67. The third kappa shape index (κ3) is 3.02. The van der Waals surface area contributed by atoms with Crippen LogP contribution in [0.25, 0.3) is 0 Å². The predicted molar refractivity (Wildman–Crippen MR) is 86.5 cm³/mol. The minimum Gasteiger partial charge on any atom is -0.414 e. The van der Waals surface area contributed by atoms with Gasteiger partial charge in [-0.25, -0.2) is 9.67 Å². The molecule has 1 amide bonds. The summed E-state index contributed by atoms with van der Waals surface area (Å²) in [4.78, 5) is 18.2. The van der Waals surface area contributed by atoms with E-state index >= 15 is 0 Å². The summed E-state index contributed by atoms with van der Waals surface area (Å²) >= 11 is 1.31. The van der Waals surface area contributed by atoms with Crippen molar-refractivity contribution in [3.63, 3.8) is 0 Å². The summed E-state index contributed by atoms with van der Waals surface area (Å²) in [6.45, 7) is 1.06. The van der Waals surface area contributed by atoms with Gasteiger partial charge in [0.05, 0.1) is 5.25 Å². The van der Waals surface area contributed by atoms with Crippen molar-refractivity contribution in [1.82, 2.24) is 25.0 Å². The standard InChI is InChI=1S/C15H14N6O2S/c22-14-12(6-7-21(14)11-4-2-1-3-5-11)24-15-19-18-13(23-15)8-20-10-16-9-17-20/h1-5,9-10,12H,6-8H2. The van der Waals surface area contributed by atoms with Gasteiger partial charge in [0.25, 0.3) is 5.22 Å². The fraction of sp³-hybridized carbons (Fsp3) is 0.267. The first-order chi connectivity index (χ1) is 11.8. The van der Waals surface area contributed by atoms with Crippen LogP contribution >= 0.6 is 11.8 Å². The van der Waals surface area contributed by atoms with Gasteiger partial charge in [-0.3, -0.25) is 4.79 Å². The molecule has 1 aromatic carbocycles. The number of amides is 1. The molecule has 2 aromatic heterocycles. The molecule has 0 bridgehead atoms. The molecule has 1 fully saturated rings. The zero-order valence-corrected chi connectivity index (χ0v) is 13.5. The van der Waals surface area contributed by atoms with Crippen molar-refractivity contribution in [2.45, 2.75) is 23.4 Å². The van der Waals surface area contributed by atoms with Gasteiger partial charge in [-0.15, -0.1) is 10.2 Å². The summed E-state index contributed by atoms with van der Waals surface area (Å²) in [5.74, 6) is 0.510. The van der Waals surface area contributed by atoms with Crippen molar-refractivity contribution in [1.29, 1.82) is 0 Å². The second-order valence-electron chi connectivity index (χ2n) is 5.28. The highest BCUT2D eigenvalue weighted by atomic mass is 32.2.